The molecule has 0 aliphatic rings. The summed E-state index contributed by atoms with van der Waals surface area (Å²) in [7, 11) is 1.51. The molecule has 0 bridgehead atoms. The maximum Gasteiger partial charge on any atom is 0.216 e. The molecule has 0 saturated heterocycles. The maximum atomic E-state index is 13.3. The molecule has 5 heteroatoms. The molecule has 2 rings (SSSR count). The molecule has 1 heterocycles. The van der Waals surface area contributed by atoms with Crippen LogP contribution in [-0.2, 0) is 6.42 Å². The molecule has 19 heavy (non-hydrogen) atoms. The van der Waals surface area contributed by atoms with Gasteiger partial charge in [-0.2, -0.15) is 0 Å². The van der Waals surface area contributed by atoms with Gasteiger partial charge in [-0.25, -0.2) is 14.4 Å². The van der Waals surface area contributed by atoms with Gasteiger partial charge in [-0.3, -0.25) is 0 Å². The van der Waals surface area contributed by atoms with E-state index in [2.05, 4.69) is 9.97 Å². The van der Waals surface area contributed by atoms with Crippen molar-refractivity contribution in [3.05, 3.63) is 53.2 Å². The summed E-state index contributed by atoms with van der Waals surface area (Å²) in [4.78, 5) is 7.94. The van der Waals surface area contributed by atoms with Crippen LogP contribution in [0.4, 0.5) is 4.39 Å². The van der Waals surface area contributed by atoms with Crippen LogP contribution in [0.2, 0.25) is 0 Å². The van der Waals surface area contributed by atoms with Gasteiger partial charge in [0, 0.05) is 12.5 Å². The van der Waals surface area contributed by atoms with E-state index in [9.17, 15) is 9.50 Å². The second-order valence-corrected chi connectivity index (χ2v) is 4.33. The third-order valence-electron chi connectivity index (χ3n) is 2.76. The molecule has 0 aliphatic heterocycles. The number of aryl methyl sites for hydroxylation is 1. The minimum atomic E-state index is -0.811. The fourth-order valence-corrected chi connectivity index (χ4v) is 1.87. The minimum absolute atomic E-state index is 0.280. The fraction of sp³-hybridized carbons (Fsp3) is 0.286. The largest absolute Gasteiger partial charge is 0.481 e. The number of nitrogens with zero attached hydrogens (tertiary/aromatic N) is 2. The van der Waals surface area contributed by atoms with Crippen molar-refractivity contribution in [1.82, 2.24) is 9.97 Å². The van der Waals surface area contributed by atoms with Crippen molar-refractivity contribution >= 4 is 0 Å². The summed E-state index contributed by atoms with van der Waals surface area (Å²) < 4.78 is 18.3. The van der Waals surface area contributed by atoms with Crippen LogP contribution in [0.5, 0.6) is 5.88 Å². The Morgan fingerprint density at radius 1 is 1.26 bits per heavy atom. The highest BCUT2D eigenvalue weighted by Gasteiger charge is 2.12. The van der Waals surface area contributed by atoms with Crippen molar-refractivity contribution in [3.8, 4) is 5.88 Å². The smallest absolute Gasteiger partial charge is 0.216 e. The Kier molecular flexibility index (Phi) is 4.06. The molecule has 1 aromatic carbocycles. The Morgan fingerprint density at radius 2 is 2.05 bits per heavy atom. The second kappa shape index (κ2) is 5.75. The van der Waals surface area contributed by atoms with Crippen LogP contribution in [0, 0.1) is 12.7 Å². The molecule has 2 aromatic rings. The van der Waals surface area contributed by atoms with Gasteiger partial charge in [-0.1, -0.05) is 6.07 Å². The van der Waals surface area contributed by atoms with Gasteiger partial charge in [0.1, 0.15) is 12.1 Å². The van der Waals surface area contributed by atoms with Crippen molar-refractivity contribution in [2.75, 3.05) is 7.11 Å². The zero-order valence-corrected chi connectivity index (χ0v) is 10.8. The lowest BCUT2D eigenvalue weighted by molar-refractivity contribution is 0.176. The molecule has 0 fully saturated rings. The van der Waals surface area contributed by atoms with Gasteiger partial charge in [-0.15, -0.1) is 0 Å². The summed E-state index contributed by atoms with van der Waals surface area (Å²) in [6, 6.07) is 6.15. The number of aliphatic hydroxyl groups is 1. The maximum absolute atomic E-state index is 13.3. The lowest BCUT2D eigenvalue weighted by Crippen LogP contribution is -2.05. The second-order valence-electron chi connectivity index (χ2n) is 4.33. The van der Waals surface area contributed by atoms with Crippen molar-refractivity contribution in [3.63, 3.8) is 0 Å². The lowest BCUT2D eigenvalue weighted by Gasteiger charge is -2.12. The van der Waals surface area contributed by atoms with Gasteiger partial charge in [0.05, 0.1) is 18.9 Å². The summed E-state index contributed by atoms with van der Waals surface area (Å²) in [6.45, 7) is 1.78. The highest BCUT2D eigenvalue weighted by atomic mass is 19.1. The summed E-state index contributed by atoms with van der Waals surface area (Å²) >= 11 is 0. The Labute approximate surface area is 110 Å². The van der Waals surface area contributed by atoms with Crippen LogP contribution in [0.15, 0.2) is 30.6 Å². The summed E-state index contributed by atoms with van der Waals surface area (Å²) in [5, 5.41) is 10.1. The third-order valence-corrected chi connectivity index (χ3v) is 2.76. The first-order valence-corrected chi connectivity index (χ1v) is 5.88. The van der Waals surface area contributed by atoms with Gasteiger partial charge >= 0.3 is 0 Å². The van der Waals surface area contributed by atoms with E-state index in [1.807, 2.05) is 0 Å². The summed E-state index contributed by atoms with van der Waals surface area (Å²) in [6.07, 6.45) is 0.841. The van der Waals surface area contributed by atoms with Gasteiger partial charge in [0.15, 0.2) is 0 Å². The molecular weight excluding hydrogens is 247 g/mol. The lowest BCUT2D eigenvalue weighted by atomic mass is 10.0. The number of rotatable bonds is 4. The Morgan fingerprint density at radius 3 is 2.74 bits per heavy atom. The first-order chi connectivity index (χ1) is 9.08. The molecule has 0 aliphatic carbocycles. The molecule has 100 valence electrons. The first-order valence-electron chi connectivity index (χ1n) is 5.88. The predicted octanol–water partition coefficient (Wildman–Crippen LogP) is 2.21. The molecule has 1 unspecified atom stereocenters. The highest BCUT2D eigenvalue weighted by Crippen LogP contribution is 2.20. The van der Waals surface area contributed by atoms with Gasteiger partial charge in [0.25, 0.3) is 0 Å². The van der Waals surface area contributed by atoms with Crippen LogP contribution in [0.25, 0.3) is 0 Å². The topological polar surface area (TPSA) is 55.2 Å². The van der Waals surface area contributed by atoms with E-state index in [0.29, 0.717) is 17.1 Å². The predicted molar refractivity (Wildman–Crippen MR) is 68.4 cm³/mol. The van der Waals surface area contributed by atoms with E-state index in [0.717, 1.165) is 5.56 Å². The average Bonchev–Trinajstić information content (AvgIpc) is 2.37. The fourth-order valence-electron chi connectivity index (χ4n) is 1.87. The van der Waals surface area contributed by atoms with E-state index in [4.69, 9.17) is 4.74 Å². The molecule has 0 saturated carbocycles. The monoisotopic (exact) mass is 262 g/mol. The highest BCUT2D eigenvalue weighted by molar-refractivity contribution is 5.26. The molecule has 0 radical (unpaired) electrons. The summed E-state index contributed by atoms with van der Waals surface area (Å²) in [5.74, 6) is 0.0851. The number of hydrogen-bond donors (Lipinski definition) is 1. The molecule has 4 nitrogen and oxygen atoms in total. The zero-order chi connectivity index (χ0) is 13.8. The van der Waals surface area contributed by atoms with E-state index in [-0.39, 0.29) is 12.2 Å². The Bertz CT molecular complexity index is 555. The first kappa shape index (κ1) is 13.4. The van der Waals surface area contributed by atoms with E-state index in [1.165, 1.54) is 25.6 Å². The minimum Gasteiger partial charge on any atom is -0.481 e. The number of ether oxygens (including phenoxy) is 1. The Hall–Kier alpha value is -2.01. The standard InChI is InChI=1S/C14H15FN2O2/c1-9-3-10(5-11(15)4-9)13(18)6-12-7-14(19-2)17-8-16-12/h3-5,7-8,13,18H,6H2,1-2H3. The number of benzene rings is 1. The molecule has 1 atom stereocenters. The molecule has 0 spiro atoms. The Balaban J connectivity index is 2.17. The van der Waals surface area contributed by atoms with Gasteiger partial charge < -0.3 is 9.84 Å². The molecule has 1 N–H and O–H groups in total. The molecule has 1 aromatic heterocycles. The van der Waals surface area contributed by atoms with Gasteiger partial charge in [-0.05, 0) is 30.2 Å². The van der Waals surface area contributed by atoms with Crippen LogP contribution in [0.3, 0.4) is 0 Å². The quantitative estimate of drug-likeness (QED) is 0.917. The number of halogens is 1. The van der Waals surface area contributed by atoms with E-state index in [1.54, 1.807) is 19.1 Å². The van der Waals surface area contributed by atoms with E-state index < -0.39 is 6.10 Å². The van der Waals surface area contributed by atoms with Gasteiger partial charge in [0.2, 0.25) is 5.88 Å². The van der Waals surface area contributed by atoms with Crippen LogP contribution in [0.1, 0.15) is 22.9 Å². The number of aromatic nitrogens is 2. The summed E-state index contributed by atoms with van der Waals surface area (Å²) in [5.41, 5.74) is 1.95. The van der Waals surface area contributed by atoms with Crippen molar-refractivity contribution in [2.45, 2.75) is 19.4 Å². The van der Waals surface area contributed by atoms with Crippen molar-refractivity contribution in [2.24, 2.45) is 0 Å². The SMILES string of the molecule is COc1cc(CC(O)c2cc(C)cc(F)c2)ncn1. The average molecular weight is 262 g/mol. The number of hydrogen-bond acceptors (Lipinski definition) is 4. The van der Waals surface area contributed by atoms with Crippen molar-refractivity contribution in [1.29, 1.82) is 0 Å². The molecule has 0 amide bonds. The van der Waals surface area contributed by atoms with Crippen LogP contribution < -0.4 is 4.74 Å². The normalized spacial score (nSPS) is 12.2. The third kappa shape index (κ3) is 3.48. The number of aliphatic hydroxyl groups excluding tert-OH is 1. The van der Waals surface area contributed by atoms with Crippen molar-refractivity contribution < 1.29 is 14.2 Å². The zero-order valence-electron chi connectivity index (χ0n) is 10.8. The number of methoxy groups -OCH3 is 1. The van der Waals surface area contributed by atoms with E-state index >= 15 is 0 Å². The van der Waals surface area contributed by atoms with Crippen LogP contribution >= 0.6 is 0 Å². The van der Waals surface area contributed by atoms with Crippen LogP contribution in [-0.4, -0.2) is 22.2 Å². The molecular formula is C14H15FN2O2.